The number of nitrogens with one attached hydrogen (secondary N) is 1. The van der Waals surface area contributed by atoms with Crippen LogP contribution in [-0.2, 0) is 17.9 Å². The average molecular weight is 429 g/mol. The lowest BCUT2D eigenvalue weighted by atomic mass is 10.2. The summed E-state index contributed by atoms with van der Waals surface area (Å²) in [7, 11) is 1.62. The molecule has 0 radical (unpaired) electrons. The van der Waals surface area contributed by atoms with E-state index in [9.17, 15) is 4.79 Å². The molecule has 29 heavy (non-hydrogen) atoms. The van der Waals surface area contributed by atoms with Gasteiger partial charge in [0, 0.05) is 18.1 Å². The Morgan fingerprint density at radius 2 is 2.10 bits per heavy atom. The van der Waals surface area contributed by atoms with E-state index in [2.05, 4.69) is 22.1 Å². The van der Waals surface area contributed by atoms with Crippen LogP contribution in [0.4, 0.5) is 0 Å². The van der Waals surface area contributed by atoms with Gasteiger partial charge in [-0.3, -0.25) is 9.36 Å². The number of methoxy groups -OCH3 is 1. The molecule has 0 saturated heterocycles. The largest absolute Gasteiger partial charge is 0.496 e. The van der Waals surface area contributed by atoms with Crippen molar-refractivity contribution in [3.05, 3.63) is 71.8 Å². The summed E-state index contributed by atoms with van der Waals surface area (Å²) in [5.74, 6) is 1.51. The topological polar surface area (TPSA) is 69.0 Å². The van der Waals surface area contributed by atoms with E-state index in [0.29, 0.717) is 34.8 Å². The first-order valence-corrected chi connectivity index (χ1v) is 10.3. The molecule has 0 fully saturated rings. The highest BCUT2D eigenvalue weighted by Crippen LogP contribution is 2.30. The van der Waals surface area contributed by atoms with Crippen LogP contribution in [0.2, 0.25) is 5.02 Å². The van der Waals surface area contributed by atoms with Gasteiger partial charge >= 0.3 is 0 Å². The maximum absolute atomic E-state index is 12.3. The molecule has 1 heterocycles. The molecule has 1 amide bonds. The zero-order chi connectivity index (χ0) is 20.6. The predicted octanol–water partition coefficient (Wildman–Crippen LogP) is 4.20. The molecule has 0 aliphatic carbocycles. The third-order valence-corrected chi connectivity index (χ3v) is 5.29. The first kappa shape index (κ1) is 21.0. The second kappa shape index (κ2) is 10.1. The lowest BCUT2D eigenvalue weighted by molar-refractivity contribution is -0.118. The highest BCUT2D eigenvalue weighted by atomic mass is 35.5. The molecular formula is C21H21ClN4O2S. The quantitative estimate of drug-likeness (QED) is 0.408. The number of thioether (sulfide) groups is 1. The lowest BCUT2D eigenvalue weighted by Gasteiger charge is -2.10. The van der Waals surface area contributed by atoms with Gasteiger partial charge in [0.05, 0.1) is 18.4 Å². The molecule has 1 aromatic heterocycles. The number of carbonyl (C=O) groups excluding carboxylic acids is 1. The van der Waals surface area contributed by atoms with Crippen molar-refractivity contribution in [2.24, 2.45) is 0 Å². The number of halogens is 1. The number of rotatable bonds is 9. The van der Waals surface area contributed by atoms with Crippen LogP contribution in [0.25, 0.3) is 11.4 Å². The normalized spacial score (nSPS) is 10.6. The van der Waals surface area contributed by atoms with Crippen LogP contribution >= 0.6 is 23.4 Å². The van der Waals surface area contributed by atoms with Crippen molar-refractivity contribution in [2.45, 2.75) is 18.2 Å². The van der Waals surface area contributed by atoms with Gasteiger partial charge in [-0.25, -0.2) is 0 Å². The molecule has 8 heteroatoms. The van der Waals surface area contributed by atoms with E-state index in [1.165, 1.54) is 11.8 Å². The molecule has 2 aromatic carbocycles. The highest BCUT2D eigenvalue weighted by Gasteiger charge is 2.17. The minimum absolute atomic E-state index is 0.0954. The fourth-order valence-electron chi connectivity index (χ4n) is 2.75. The fraction of sp³-hybridized carbons (Fsp3) is 0.190. The van der Waals surface area contributed by atoms with Crippen molar-refractivity contribution in [3.63, 3.8) is 0 Å². The highest BCUT2D eigenvalue weighted by molar-refractivity contribution is 7.99. The molecule has 0 bridgehead atoms. The van der Waals surface area contributed by atoms with Crippen molar-refractivity contribution in [1.29, 1.82) is 0 Å². The van der Waals surface area contributed by atoms with E-state index >= 15 is 0 Å². The zero-order valence-corrected chi connectivity index (χ0v) is 17.5. The summed E-state index contributed by atoms with van der Waals surface area (Å²) < 4.78 is 7.35. The molecule has 3 rings (SSSR count). The number of nitrogens with zero attached hydrogens (tertiary/aromatic N) is 3. The van der Waals surface area contributed by atoms with Gasteiger partial charge in [-0.1, -0.05) is 53.7 Å². The van der Waals surface area contributed by atoms with Gasteiger partial charge in [0.2, 0.25) is 5.91 Å². The number of amides is 1. The Kier molecular flexibility index (Phi) is 7.32. The summed E-state index contributed by atoms with van der Waals surface area (Å²) >= 11 is 7.30. The minimum atomic E-state index is -0.0954. The number of para-hydroxylation sites is 1. The Morgan fingerprint density at radius 3 is 2.86 bits per heavy atom. The van der Waals surface area contributed by atoms with Gasteiger partial charge in [-0.2, -0.15) is 0 Å². The molecule has 150 valence electrons. The summed E-state index contributed by atoms with van der Waals surface area (Å²) in [6.45, 7) is 4.76. The first-order chi connectivity index (χ1) is 14.1. The summed E-state index contributed by atoms with van der Waals surface area (Å²) in [5.41, 5.74) is 1.78. The van der Waals surface area contributed by atoms with Crippen LogP contribution in [0.15, 0.2) is 66.3 Å². The fourth-order valence-corrected chi connectivity index (χ4v) is 3.74. The van der Waals surface area contributed by atoms with Crippen molar-refractivity contribution in [3.8, 4) is 17.1 Å². The van der Waals surface area contributed by atoms with Crippen molar-refractivity contribution in [2.75, 3.05) is 12.9 Å². The molecule has 0 aliphatic rings. The molecule has 0 saturated carbocycles. The third kappa shape index (κ3) is 5.40. The molecule has 3 aromatic rings. The first-order valence-electron chi connectivity index (χ1n) is 8.93. The smallest absolute Gasteiger partial charge is 0.230 e. The molecule has 0 aliphatic heterocycles. The monoisotopic (exact) mass is 428 g/mol. The Balaban J connectivity index is 1.68. The van der Waals surface area contributed by atoms with E-state index < -0.39 is 0 Å². The van der Waals surface area contributed by atoms with Crippen LogP contribution in [0.1, 0.15) is 5.56 Å². The van der Waals surface area contributed by atoms with Crippen molar-refractivity contribution >= 4 is 29.3 Å². The summed E-state index contributed by atoms with van der Waals surface area (Å²) in [5, 5.41) is 12.8. The van der Waals surface area contributed by atoms with Gasteiger partial charge in [0.25, 0.3) is 0 Å². The maximum atomic E-state index is 12.3. The summed E-state index contributed by atoms with van der Waals surface area (Å²) in [6, 6.07) is 15.0. The minimum Gasteiger partial charge on any atom is -0.496 e. The molecule has 0 atom stereocenters. The van der Waals surface area contributed by atoms with E-state index in [0.717, 1.165) is 11.1 Å². The summed E-state index contributed by atoms with van der Waals surface area (Å²) in [6.07, 6.45) is 1.77. The van der Waals surface area contributed by atoms with Gasteiger partial charge in [0.1, 0.15) is 5.75 Å². The average Bonchev–Trinajstić information content (AvgIpc) is 3.13. The maximum Gasteiger partial charge on any atom is 0.230 e. The van der Waals surface area contributed by atoms with Crippen LogP contribution in [0.3, 0.4) is 0 Å². The number of hydrogen-bond donors (Lipinski definition) is 1. The lowest BCUT2D eigenvalue weighted by Crippen LogP contribution is -2.24. The molecule has 0 unspecified atom stereocenters. The molecular weight excluding hydrogens is 408 g/mol. The van der Waals surface area contributed by atoms with E-state index in [1.54, 1.807) is 19.3 Å². The number of hydrogen-bond acceptors (Lipinski definition) is 5. The number of carbonyl (C=O) groups is 1. The van der Waals surface area contributed by atoms with Crippen LogP contribution in [0.5, 0.6) is 5.75 Å². The number of benzene rings is 2. The van der Waals surface area contributed by atoms with Crippen LogP contribution in [0, 0.1) is 0 Å². The van der Waals surface area contributed by atoms with Crippen molar-refractivity contribution < 1.29 is 9.53 Å². The molecule has 1 N–H and O–H groups in total. The van der Waals surface area contributed by atoms with E-state index in [1.807, 2.05) is 47.0 Å². The number of allylic oxidation sites excluding steroid dienone is 1. The Labute approximate surface area is 178 Å². The van der Waals surface area contributed by atoms with Gasteiger partial charge in [-0.15, -0.1) is 16.8 Å². The van der Waals surface area contributed by atoms with Gasteiger partial charge in [-0.05, 0) is 29.8 Å². The zero-order valence-electron chi connectivity index (χ0n) is 16.0. The number of aromatic nitrogens is 3. The second-order valence-electron chi connectivity index (χ2n) is 6.10. The SMILES string of the molecule is C=CCn1c(SCC(=O)NCc2cccc(Cl)c2)nnc1-c1ccccc1OC. The van der Waals surface area contributed by atoms with Crippen molar-refractivity contribution in [1.82, 2.24) is 20.1 Å². The van der Waals surface area contributed by atoms with Crippen LogP contribution < -0.4 is 10.1 Å². The molecule has 6 nitrogen and oxygen atoms in total. The van der Waals surface area contributed by atoms with Gasteiger partial charge in [0.15, 0.2) is 11.0 Å². The Morgan fingerprint density at radius 1 is 1.28 bits per heavy atom. The predicted molar refractivity (Wildman–Crippen MR) is 116 cm³/mol. The summed E-state index contributed by atoms with van der Waals surface area (Å²) in [4.78, 5) is 12.3. The number of ether oxygens (including phenoxy) is 1. The Bertz CT molecular complexity index is 1010. The Hall–Kier alpha value is -2.77. The second-order valence-corrected chi connectivity index (χ2v) is 7.48. The van der Waals surface area contributed by atoms with E-state index in [-0.39, 0.29) is 11.7 Å². The van der Waals surface area contributed by atoms with E-state index in [4.69, 9.17) is 16.3 Å². The van der Waals surface area contributed by atoms with Crippen LogP contribution in [-0.4, -0.2) is 33.5 Å². The standard InChI is InChI=1S/C21H21ClN4O2S/c1-3-11-26-20(17-9-4-5-10-18(17)28-2)24-25-21(26)29-14-19(27)23-13-15-7-6-8-16(22)12-15/h3-10,12H,1,11,13-14H2,2H3,(H,23,27). The third-order valence-electron chi connectivity index (χ3n) is 4.09. The molecule has 0 spiro atoms. The van der Waals surface area contributed by atoms with Gasteiger partial charge < -0.3 is 10.1 Å².